The van der Waals surface area contributed by atoms with Gasteiger partial charge in [-0.3, -0.25) is 4.79 Å². The zero-order valence-electron chi connectivity index (χ0n) is 9.84. The second-order valence-corrected chi connectivity index (χ2v) is 4.96. The van der Waals surface area contributed by atoms with Gasteiger partial charge in [-0.1, -0.05) is 19.1 Å². The van der Waals surface area contributed by atoms with Gasteiger partial charge in [0.15, 0.2) is 5.54 Å². The SMILES string of the molecule is CC(C)([CH]c1cn(C2(C#N)CC2)nn1)C(N)=O. The molecule has 6 heteroatoms. The lowest BCUT2D eigenvalue weighted by Crippen LogP contribution is -2.32. The minimum atomic E-state index is -0.774. The molecule has 17 heavy (non-hydrogen) atoms. The summed E-state index contributed by atoms with van der Waals surface area (Å²) in [6, 6.07) is 2.22. The first-order chi connectivity index (χ1) is 7.89. The van der Waals surface area contributed by atoms with Crippen LogP contribution in [-0.4, -0.2) is 20.9 Å². The highest BCUT2D eigenvalue weighted by molar-refractivity contribution is 5.82. The number of nitrogens with two attached hydrogens (primary N) is 1. The van der Waals surface area contributed by atoms with Crippen molar-refractivity contribution in [2.24, 2.45) is 11.1 Å². The number of carbonyl (C=O) groups excluding carboxylic acids is 1. The first-order valence-electron chi connectivity index (χ1n) is 5.39. The summed E-state index contributed by atoms with van der Waals surface area (Å²) >= 11 is 0. The summed E-state index contributed by atoms with van der Waals surface area (Å²) in [6.07, 6.45) is 4.93. The van der Waals surface area contributed by atoms with Crippen molar-refractivity contribution in [2.75, 3.05) is 0 Å². The number of rotatable bonds is 4. The summed E-state index contributed by atoms with van der Waals surface area (Å²) in [6.45, 7) is 3.43. The minimum absolute atomic E-state index is 0.423. The molecular formula is C11H14N5O. The maximum atomic E-state index is 11.2. The Hall–Kier alpha value is -1.90. The van der Waals surface area contributed by atoms with Gasteiger partial charge in [0.05, 0.1) is 23.4 Å². The molecule has 6 nitrogen and oxygen atoms in total. The number of aromatic nitrogens is 3. The van der Waals surface area contributed by atoms with E-state index in [1.54, 1.807) is 31.1 Å². The summed E-state index contributed by atoms with van der Waals surface area (Å²) < 4.78 is 1.57. The zero-order chi connectivity index (χ0) is 12.7. The van der Waals surface area contributed by atoms with Gasteiger partial charge in [0, 0.05) is 6.42 Å². The van der Waals surface area contributed by atoms with Crippen LogP contribution < -0.4 is 5.73 Å². The molecule has 0 spiro atoms. The molecule has 1 radical (unpaired) electrons. The number of hydrogen-bond donors (Lipinski definition) is 1. The Bertz CT molecular complexity index is 492. The fourth-order valence-electron chi connectivity index (χ4n) is 1.50. The summed E-state index contributed by atoms with van der Waals surface area (Å²) in [5.41, 5.74) is 4.55. The average molecular weight is 232 g/mol. The van der Waals surface area contributed by atoms with E-state index in [2.05, 4.69) is 16.4 Å². The number of hydrogen-bond acceptors (Lipinski definition) is 4. The van der Waals surface area contributed by atoms with E-state index < -0.39 is 16.9 Å². The fraction of sp³-hybridized carbons (Fsp3) is 0.545. The van der Waals surface area contributed by atoms with Gasteiger partial charge in [-0.2, -0.15) is 5.26 Å². The highest BCUT2D eigenvalue weighted by Gasteiger charge is 2.46. The van der Waals surface area contributed by atoms with Crippen LogP contribution in [0.25, 0.3) is 0 Å². The Morgan fingerprint density at radius 2 is 2.35 bits per heavy atom. The Morgan fingerprint density at radius 3 is 2.82 bits per heavy atom. The molecule has 0 saturated heterocycles. The van der Waals surface area contributed by atoms with E-state index in [4.69, 9.17) is 11.0 Å². The van der Waals surface area contributed by atoms with Crippen LogP contribution >= 0.6 is 0 Å². The van der Waals surface area contributed by atoms with Crippen molar-refractivity contribution in [1.29, 1.82) is 5.26 Å². The largest absolute Gasteiger partial charge is 0.369 e. The molecule has 1 saturated carbocycles. The van der Waals surface area contributed by atoms with Crippen molar-refractivity contribution in [3.63, 3.8) is 0 Å². The molecule has 1 aromatic heterocycles. The normalized spacial score (nSPS) is 17.5. The van der Waals surface area contributed by atoms with E-state index in [-0.39, 0.29) is 0 Å². The van der Waals surface area contributed by atoms with Crippen molar-refractivity contribution in [2.45, 2.75) is 32.2 Å². The topological polar surface area (TPSA) is 97.6 Å². The van der Waals surface area contributed by atoms with Crippen LogP contribution in [0.15, 0.2) is 6.20 Å². The molecule has 1 aromatic rings. The molecule has 1 aliphatic rings. The second kappa shape index (κ2) is 3.55. The number of amides is 1. The molecule has 0 bridgehead atoms. The van der Waals surface area contributed by atoms with Gasteiger partial charge < -0.3 is 5.73 Å². The van der Waals surface area contributed by atoms with Gasteiger partial charge in [0.2, 0.25) is 5.91 Å². The zero-order valence-corrected chi connectivity index (χ0v) is 9.84. The van der Waals surface area contributed by atoms with Crippen LogP contribution in [0.1, 0.15) is 32.4 Å². The lowest BCUT2D eigenvalue weighted by molar-refractivity contribution is -0.124. The first kappa shape index (κ1) is 11.6. The maximum Gasteiger partial charge on any atom is 0.223 e. The monoisotopic (exact) mass is 232 g/mol. The summed E-state index contributed by atoms with van der Waals surface area (Å²) in [4.78, 5) is 11.2. The molecule has 1 heterocycles. The average Bonchev–Trinajstić information content (AvgIpc) is 2.93. The molecule has 2 N–H and O–H groups in total. The molecule has 2 rings (SSSR count). The van der Waals surface area contributed by atoms with E-state index in [1.807, 2.05) is 0 Å². The van der Waals surface area contributed by atoms with Gasteiger partial charge in [-0.15, -0.1) is 5.10 Å². The van der Waals surface area contributed by atoms with Crippen LogP contribution in [-0.2, 0) is 10.3 Å². The van der Waals surface area contributed by atoms with E-state index in [1.165, 1.54) is 0 Å². The fourth-order valence-corrected chi connectivity index (χ4v) is 1.50. The standard InChI is InChI=1S/C11H14N5O/c1-10(2,9(13)17)5-8-6-16(15-14-8)11(7-12)3-4-11/h5-6H,3-4H2,1-2H3,(H2,13,17). The maximum absolute atomic E-state index is 11.2. The molecule has 1 fully saturated rings. The predicted octanol–water partition coefficient (Wildman–Crippen LogP) is 0.355. The lowest BCUT2D eigenvalue weighted by atomic mass is 9.87. The van der Waals surface area contributed by atoms with Crippen molar-refractivity contribution in [1.82, 2.24) is 15.0 Å². The van der Waals surface area contributed by atoms with E-state index in [0.717, 1.165) is 12.8 Å². The molecule has 0 unspecified atom stereocenters. The van der Waals surface area contributed by atoms with Crippen LogP contribution in [0.2, 0.25) is 0 Å². The van der Waals surface area contributed by atoms with Gasteiger partial charge >= 0.3 is 0 Å². The molecule has 0 aromatic carbocycles. The van der Waals surface area contributed by atoms with Crippen LogP contribution in [0.5, 0.6) is 0 Å². The summed E-state index contributed by atoms with van der Waals surface area (Å²) in [5, 5.41) is 16.9. The van der Waals surface area contributed by atoms with Gasteiger partial charge in [-0.25, -0.2) is 4.68 Å². The Morgan fingerprint density at radius 1 is 1.71 bits per heavy atom. The highest BCUT2D eigenvalue weighted by atomic mass is 16.1. The molecule has 0 aliphatic heterocycles. The number of carbonyl (C=O) groups is 1. The quantitative estimate of drug-likeness (QED) is 0.810. The third-order valence-corrected chi connectivity index (χ3v) is 3.03. The van der Waals surface area contributed by atoms with E-state index in [0.29, 0.717) is 5.69 Å². The van der Waals surface area contributed by atoms with Crippen LogP contribution in [0.3, 0.4) is 0 Å². The Kier molecular flexibility index (Phi) is 2.42. The number of primary amides is 1. The van der Waals surface area contributed by atoms with Crippen molar-refractivity contribution < 1.29 is 4.79 Å². The first-order valence-corrected chi connectivity index (χ1v) is 5.39. The molecule has 89 valence electrons. The minimum Gasteiger partial charge on any atom is -0.369 e. The third kappa shape index (κ3) is 2.00. The van der Waals surface area contributed by atoms with E-state index in [9.17, 15) is 4.79 Å². The molecule has 1 aliphatic carbocycles. The van der Waals surface area contributed by atoms with E-state index >= 15 is 0 Å². The predicted molar refractivity (Wildman–Crippen MR) is 59.2 cm³/mol. The van der Waals surface area contributed by atoms with Crippen molar-refractivity contribution in [3.8, 4) is 6.07 Å². The number of nitrogens with zero attached hydrogens (tertiary/aromatic N) is 4. The van der Waals surface area contributed by atoms with Gasteiger partial charge in [0.1, 0.15) is 0 Å². The van der Waals surface area contributed by atoms with Gasteiger partial charge in [-0.05, 0) is 12.8 Å². The summed E-state index contributed by atoms with van der Waals surface area (Å²) in [7, 11) is 0. The van der Waals surface area contributed by atoms with Gasteiger partial charge in [0.25, 0.3) is 0 Å². The highest BCUT2D eigenvalue weighted by Crippen LogP contribution is 2.42. The third-order valence-electron chi connectivity index (χ3n) is 3.03. The van der Waals surface area contributed by atoms with Crippen molar-refractivity contribution in [3.05, 3.63) is 18.3 Å². The Labute approximate surface area is 99.4 Å². The number of nitriles is 1. The lowest BCUT2D eigenvalue weighted by Gasteiger charge is -2.17. The van der Waals surface area contributed by atoms with Crippen LogP contribution in [0, 0.1) is 23.2 Å². The summed E-state index contributed by atoms with van der Waals surface area (Å²) in [5.74, 6) is -0.423. The molecular weight excluding hydrogens is 218 g/mol. The molecule has 0 atom stereocenters. The smallest absolute Gasteiger partial charge is 0.223 e. The molecule has 1 amide bonds. The Balaban J connectivity index is 2.15. The van der Waals surface area contributed by atoms with Crippen LogP contribution in [0.4, 0.5) is 0 Å². The van der Waals surface area contributed by atoms with Crippen molar-refractivity contribution >= 4 is 5.91 Å². The second-order valence-electron chi connectivity index (χ2n) is 4.96.